The molecule has 0 aromatic heterocycles. The van der Waals surface area contributed by atoms with Crippen molar-refractivity contribution in [3.05, 3.63) is 90.5 Å². The highest BCUT2D eigenvalue weighted by Gasteiger charge is 2.10. The van der Waals surface area contributed by atoms with Crippen molar-refractivity contribution in [2.24, 2.45) is 5.10 Å². The first-order valence-corrected chi connectivity index (χ1v) is 9.05. The molecule has 3 aromatic rings. The average molecular weight is 352 g/mol. The summed E-state index contributed by atoms with van der Waals surface area (Å²) in [7, 11) is -3.65. The fourth-order valence-electron chi connectivity index (χ4n) is 2.07. The van der Waals surface area contributed by atoms with E-state index < -0.39 is 10.0 Å². The molecule has 1 N–H and O–H groups in total. The minimum atomic E-state index is -3.65. The van der Waals surface area contributed by atoms with Crippen molar-refractivity contribution >= 4 is 16.2 Å². The lowest BCUT2D eigenvalue weighted by Gasteiger charge is -2.05. The van der Waals surface area contributed by atoms with Gasteiger partial charge in [0.1, 0.15) is 11.5 Å². The van der Waals surface area contributed by atoms with Crippen molar-refractivity contribution in [2.45, 2.75) is 4.90 Å². The predicted octanol–water partition coefficient (Wildman–Crippen LogP) is 3.79. The summed E-state index contributed by atoms with van der Waals surface area (Å²) in [6.07, 6.45) is 1.44. The molecule has 0 heterocycles. The Morgan fingerprint density at radius 1 is 0.760 bits per heavy atom. The van der Waals surface area contributed by atoms with E-state index in [4.69, 9.17) is 4.74 Å². The number of rotatable bonds is 6. The van der Waals surface area contributed by atoms with Crippen molar-refractivity contribution in [3.63, 3.8) is 0 Å². The Bertz CT molecular complexity index is 939. The maximum absolute atomic E-state index is 12.0. The fourth-order valence-corrected chi connectivity index (χ4v) is 2.88. The number of nitrogens with one attached hydrogen (secondary N) is 1. The van der Waals surface area contributed by atoms with Gasteiger partial charge in [0.05, 0.1) is 11.1 Å². The molecule has 126 valence electrons. The third-order valence-corrected chi connectivity index (χ3v) is 4.54. The largest absolute Gasteiger partial charge is 0.457 e. The average Bonchev–Trinajstić information content (AvgIpc) is 2.65. The topological polar surface area (TPSA) is 67.8 Å². The number of nitrogens with zero attached hydrogens (tertiary/aromatic N) is 1. The second kappa shape index (κ2) is 7.63. The summed E-state index contributed by atoms with van der Waals surface area (Å²) in [5.41, 5.74) is 0.746. The smallest absolute Gasteiger partial charge is 0.276 e. The summed E-state index contributed by atoms with van der Waals surface area (Å²) in [4.78, 5) is 2.35. The highest BCUT2D eigenvalue weighted by molar-refractivity contribution is 7.89. The molecule has 0 saturated carbocycles. The van der Waals surface area contributed by atoms with Crippen LogP contribution in [0.2, 0.25) is 0 Å². The first-order chi connectivity index (χ1) is 12.1. The predicted molar refractivity (Wildman–Crippen MR) is 97.3 cm³/mol. The summed E-state index contributed by atoms with van der Waals surface area (Å²) in [6.45, 7) is 0. The Morgan fingerprint density at radius 2 is 1.32 bits per heavy atom. The minimum absolute atomic E-state index is 0.166. The van der Waals surface area contributed by atoms with Crippen LogP contribution in [0.1, 0.15) is 5.56 Å². The van der Waals surface area contributed by atoms with E-state index in [-0.39, 0.29) is 4.90 Å². The number of ether oxygens (including phenoxy) is 1. The van der Waals surface area contributed by atoms with E-state index in [9.17, 15) is 8.42 Å². The summed E-state index contributed by atoms with van der Waals surface area (Å²) in [6, 6.07) is 24.7. The zero-order chi connectivity index (χ0) is 17.5. The molecule has 0 saturated heterocycles. The zero-order valence-electron chi connectivity index (χ0n) is 13.2. The van der Waals surface area contributed by atoms with Gasteiger partial charge in [-0.2, -0.15) is 13.5 Å². The molecule has 3 aromatic carbocycles. The minimum Gasteiger partial charge on any atom is -0.457 e. The van der Waals surface area contributed by atoms with Gasteiger partial charge in [-0.05, 0) is 54.1 Å². The number of benzene rings is 3. The first kappa shape index (κ1) is 16.7. The van der Waals surface area contributed by atoms with E-state index in [1.807, 2.05) is 30.3 Å². The number of para-hydroxylation sites is 1. The molecule has 0 bridgehead atoms. The normalized spacial score (nSPS) is 11.4. The molecule has 0 radical (unpaired) electrons. The molecule has 25 heavy (non-hydrogen) atoms. The van der Waals surface area contributed by atoms with Crippen molar-refractivity contribution < 1.29 is 13.2 Å². The zero-order valence-corrected chi connectivity index (χ0v) is 14.1. The van der Waals surface area contributed by atoms with Gasteiger partial charge in [-0.25, -0.2) is 4.83 Å². The van der Waals surface area contributed by atoms with E-state index >= 15 is 0 Å². The van der Waals surface area contributed by atoms with Crippen LogP contribution < -0.4 is 9.57 Å². The van der Waals surface area contributed by atoms with Crippen molar-refractivity contribution in [1.29, 1.82) is 0 Å². The van der Waals surface area contributed by atoms with Crippen LogP contribution in [0.4, 0.5) is 0 Å². The third kappa shape index (κ3) is 4.68. The lowest BCUT2D eigenvalue weighted by molar-refractivity contribution is 0.482. The van der Waals surface area contributed by atoms with Gasteiger partial charge >= 0.3 is 0 Å². The standard InChI is InChI=1S/C19H16N2O3S/c22-25(23,19-9-5-2-6-10-19)21-20-15-16-11-13-18(14-12-16)24-17-7-3-1-4-8-17/h1-15,21H. The van der Waals surface area contributed by atoms with Gasteiger partial charge in [0.15, 0.2) is 0 Å². The second-order valence-corrected chi connectivity index (χ2v) is 6.81. The number of hydrogen-bond donors (Lipinski definition) is 1. The van der Waals surface area contributed by atoms with Crippen LogP contribution in [0.15, 0.2) is 94.9 Å². The summed E-state index contributed by atoms with van der Waals surface area (Å²) in [5.74, 6) is 1.44. The van der Waals surface area contributed by atoms with Crippen LogP contribution in [-0.2, 0) is 10.0 Å². The van der Waals surface area contributed by atoms with E-state index in [1.165, 1.54) is 18.3 Å². The van der Waals surface area contributed by atoms with Crippen LogP contribution >= 0.6 is 0 Å². The van der Waals surface area contributed by atoms with Crippen LogP contribution in [-0.4, -0.2) is 14.6 Å². The Kier molecular flexibility index (Phi) is 5.11. The van der Waals surface area contributed by atoms with E-state index in [2.05, 4.69) is 9.93 Å². The molecule has 0 amide bonds. The Labute approximate surface area is 146 Å². The molecular weight excluding hydrogens is 336 g/mol. The number of sulfonamides is 1. The van der Waals surface area contributed by atoms with E-state index in [1.54, 1.807) is 42.5 Å². The SMILES string of the molecule is O=S(=O)(NN=Cc1ccc(Oc2ccccc2)cc1)c1ccccc1. The quantitative estimate of drug-likeness (QED) is 0.542. The van der Waals surface area contributed by atoms with E-state index in [0.717, 1.165) is 11.3 Å². The summed E-state index contributed by atoms with van der Waals surface area (Å²) in [5, 5.41) is 3.80. The molecule has 3 rings (SSSR count). The fraction of sp³-hybridized carbons (Fsp3) is 0. The second-order valence-electron chi connectivity index (χ2n) is 5.15. The lowest BCUT2D eigenvalue weighted by atomic mass is 10.2. The maximum atomic E-state index is 12.0. The molecule has 6 heteroatoms. The molecule has 0 aliphatic heterocycles. The third-order valence-electron chi connectivity index (χ3n) is 3.30. The molecule has 0 aliphatic carbocycles. The van der Waals surface area contributed by atoms with Gasteiger partial charge in [0.25, 0.3) is 10.0 Å². The highest BCUT2D eigenvalue weighted by Crippen LogP contribution is 2.20. The number of hydrogen-bond acceptors (Lipinski definition) is 4. The van der Waals surface area contributed by atoms with Gasteiger partial charge in [0, 0.05) is 0 Å². The monoisotopic (exact) mass is 352 g/mol. The van der Waals surface area contributed by atoms with Crippen LogP contribution in [0.25, 0.3) is 0 Å². The molecule has 0 fully saturated rings. The van der Waals surface area contributed by atoms with Gasteiger partial charge in [-0.15, -0.1) is 0 Å². The Morgan fingerprint density at radius 3 is 1.96 bits per heavy atom. The van der Waals surface area contributed by atoms with Gasteiger partial charge in [0.2, 0.25) is 0 Å². The molecule has 0 atom stereocenters. The van der Waals surface area contributed by atoms with Crippen molar-refractivity contribution in [2.75, 3.05) is 0 Å². The maximum Gasteiger partial charge on any atom is 0.276 e. The van der Waals surface area contributed by atoms with Crippen LogP contribution in [0.5, 0.6) is 11.5 Å². The van der Waals surface area contributed by atoms with Crippen LogP contribution in [0, 0.1) is 0 Å². The van der Waals surface area contributed by atoms with Crippen molar-refractivity contribution in [1.82, 2.24) is 4.83 Å². The number of hydrazone groups is 1. The molecule has 5 nitrogen and oxygen atoms in total. The van der Waals surface area contributed by atoms with Crippen LogP contribution in [0.3, 0.4) is 0 Å². The summed E-state index contributed by atoms with van der Waals surface area (Å²) < 4.78 is 29.8. The highest BCUT2D eigenvalue weighted by atomic mass is 32.2. The van der Waals surface area contributed by atoms with Crippen molar-refractivity contribution in [3.8, 4) is 11.5 Å². The Balaban J connectivity index is 1.62. The molecule has 0 spiro atoms. The Hall–Kier alpha value is -3.12. The lowest BCUT2D eigenvalue weighted by Crippen LogP contribution is -2.18. The van der Waals surface area contributed by atoms with Gasteiger partial charge < -0.3 is 4.74 Å². The van der Waals surface area contributed by atoms with E-state index in [0.29, 0.717) is 5.75 Å². The molecule has 0 unspecified atom stereocenters. The summed E-state index contributed by atoms with van der Waals surface area (Å²) >= 11 is 0. The van der Waals surface area contributed by atoms with Gasteiger partial charge in [-0.1, -0.05) is 36.4 Å². The first-order valence-electron chi connectivity index (χ1n) is 7.56. The molecule has 0 aliphatic rings. The molecular formula is C19H16N2O3S. The van der Waals surface area contributed by atoms with Gasteiger partial charge in [-0.3, -0.25) is 0 Å².